The Hall–Kier alpha value is -0.970. The van der Waals surface area contributed by atoms with Gasteiger partial charge in [0.05, 0.1) is 5.02 Å². The van der Waals surface area contributed by atoms with E-state index in [1.54, 1.807) is 19.1 Å². The second kappa shape index (κ2) is 8.35. The highest BCUT2D eigenvalue weighted by Gasteiger charge is 2.20. The van der Waals surface area contributed by atoms with Crippen molar-refractivity contribution in [1.82, 2.24) is 10.6 Å². The number of piperidine rings is 1. The fraction of sp³-hybridized carbons (Fsp3) is 0.500. The summed E-state index contributed by atoms with van der Waals surface area (Å²) < 4.78 is 5.59. The van der Waals surface area contributed by atoms with E-state index < -0.39 is 6.10 Å². The zero-order valence-electron chi connectivity index (χ0n) is 11.4. The zero-order valence-corrected chi connectivity index (χ0v) is 13.0. The van der Waals surface area contributed by atoms with Crippen LogP contribution in [0.1, 0.15) is 19.8 Å². The van der Waals surface area contributed by atoms with Gasteiger partial charge < -0.3 is 15.4 Å². The van der Waals surface area contributed by atoms with Gasteiger partial charge in [0.25, 0.3) is 5.91 Å². The minimum atomic E-state index is -0.546. The van der Waals surface area contributed by atoms with Crippen molar-refractivity contribution < 1.29 is 9.53 Å². The Morgan fingerprint density at radius 1 is 1.40 bits per heavy atom. The molecule has 1 atom stereocenters. The van der Waals surface area contributed by atoms with Gasteiger partial charge in [-0.3, -0.25) is 4.79 Å². The Bertz CT molecular complexity index is 437. The van der Waals surface area contributed by atoms with Crippen LogP contribution < -0.4 is 15.4 Å². The molecule has 0 aliphatic carbocycles. The van der Waals surface area contributed by atoms with Crippen LogP contribution in [-0.2, 0) is 4.79 Å². The third-order valence-corrected chi connectivity index (χ3v) is 3.51. The van der Waals surface area contributed by atoms with Crippen molar-refractivity contribution in [3.05, 3.63) is 29.3 Å². The molecule has 1 saturated heterocycles. The molecule has 1 heterocycles. The Morgan fingerprint density at radius 3 is 2.70 bits per heavy atom. The van der Waals surface area contributed by atoms with E-state index in [1.165, 1.54) is 0 Å². The Balaban J connectivity index is 0.00000200. The van der Waals surface area contributed by atoms with Crippen LogP contribution in [0.25, 0.3) is 0 Å². The standard InChI is InChI=1S/C14H19ClN2O2.ClH/c1-10(19-13-5-3-2-4-12(13)15)14(18)17-11-6-8-16-9-7-11;/h2-5,10-11,16H,6-9H2,1H3,(H,17,18);1H. The number of amides is 1. The Morgan fingerprint density at radius 2 is 2.05 bits per heavy atom. The molecule has 0 aromatic heterocycles. The fourth-order valence-electron chi connectivity index (χ4n) is 2.07. The summed E-state index contributed by atoms with van der Waals surface area (Å²) in [5.74, 6) is 0.448. The molecule has 0 bridgehead atoms. The molecule has 6 heteroatoms. The number of rotatable bonds is 4. The molecular weight excluding hydrogens is 299 g/mol. The van der Waals surface area contributed by atoms with E-state index in [0.29, 0.717) is 10.8 Å². The number of halogens is 2. The number of carbonyl (C=O) groups excluding carboxylic acids is 1. The van der Waals surface area contributed by atoms with E-state index in [1.807, 2.05) is 12.1 Å². The lowest BCUT2D eigenvalue weighted by molar-refractivity contribution is -0.128. The molecule has 4 nitrogen and oxygen atoms in total. The smallest absolute Gasteiger partial charge is 0.260 e. The number of carbonyl (C=O) groups is 1. The van der Waals surface area contributed by atoms with Crippen LogP contribution >= 0.6 is 24.0 Å². The lowest BCUT2D eigenvalue weighted by Crippen LogP contribution is -2.47. The van der Waals surface area contributed by atoms with Gasteiger partial charge in [-0.2, -0.15) is 0 Å². The van der Waals surface area contributed by atoms with Crippen molar-refractivity contribution in [3.8, 4) is 5.75 Å². The summed E-state index contributed by atoms with van der Waals surface area (Å²) in [7, 11) is 0. The topological polar surface area (TPSA) is 50.4 Å². The largest absolute Gasteiger partial charge is 0.479 e. The average molecular weight is 319 g/mol. The van der Waals surface area contributed by atoms with Crippen molar-refractivity contribution in [1.29, 1.82) is 0 Å². The maximum atomic E-state index is 12.0. The molecule has 1 fully saturated rings. The molecule has 1 aliphatic rings. The number of hydrogen-bond acceptors (Lipinski definition) is 3. The number of benzene rings is 1. The van der Waals surface area contributed by atoms with Crippen molar-refractivity contribution in [2.75, 3.05) is 13.1 Å². The van der Waals surface area contributed by atoms with Crippen LogP contribution in [0.15, 0.2) is 24.3 Å². The van der Waals surface area contributed by atoms with E-state index in [0.717, 1.165) is 25.9 Å². The summed E-state index contributed by atoms with van der Waals surface area (Å²) in [6.07, 6.45) is 1.38. The number of hydrogen-bond donors (Lipinski definition) is 2. The van der Waals surface area contributed by atoms with Gasteiger partial charge in [0.15, 0.2) is 6.10 Å². The minimum absolute atomic E-state index is 0. The van der Waals surface area contributed by atoms with Crippen molar-refractivity contribution in [2.24, 2.45) is 0 Å². The van der Waals surface area contributed by atoms with Gasteiger partial charge in [-0.05, 0) is 45.0 Å². The summed E-state index contributed by atoms with van der Waals surface area (Å²) >= 11 is 6.00. The highest BCUT2D eigenvalue weighted by molar-refractivity contribution is 6.32. The van der Waals surface area contributed by atoms with Crippen LogP contribution in [0.4, 0.5) is 0 Å². The third kappa shape index (κ3) is 4.85. The highest BCUT2D eigenvalue weighted by atomic mass is 35.5. The summed E-state index contributed by atoms with van der Waals surface area (Å²) in [5, 5.41) is 6.79. The quantitative estimate of drug-likeness (QED) is 0.896. The summed E-state index contributed by atoms with van der Waals surface area (Å²) in [6, 6.07) is 7.41. The van der Waals surface area contributed by atoms with Crippen LogP contribution in [0.2, 0.25) is 5.02 Å². The molecule has 1 unspecified atom stereocenters. The van der Waals surface area contributed by atoms with Gasteiger partial charge in [-0.15, -0.1) is 12.4 Å². The highest BCUT2D eigenvalue weighted by Crippen LogP contribution is 2.24. The van der Waals surface area contributed by atoms with E-state index >= 15 is 0 Å². The summed E-state index contributed by atoms with van der Waals surface area (Å²) in [6.45, 7) is 3.63. The van der Waals surface area contributed by atoms with Crippen LogP contribution in [0.3, 0.4) is 0 Å². The van der Waals surface area contributed by atoms with E-state index in [2.05, 4.69) is 10.6 Å². The molecule has 112 valence electrons. The van der Waals surface area contributed by atoms with Crippen molar-refractivity contribution in [2.45, 2.75) is 31.9 Å². The minimum Gasteiger partial charge on any atom is -0.479 e. The molecule has 1 aromatic carbocycles. The fourth-order valence-corrected chi connectivity index (χ4v) is 2.25. The first kappa shape index (κ1) is 17.1. The van der Waals surface area contributed by atoms with Crippen LogP contribution in [0, 0.1) is 0 Å². The van der Waals surface area contributed by atoms with Crippen molar-refractivity contribution in [3.63, 3.8) is 0 Å². The second-order valence-corrected chi connectivity index (χ2v) is 5.13. The maximum Gasteiger partial charge on any atom is 0.260 e. The first-order valence-electron chi connectivity index (χ1n) is 6.59. The summed E-state index contributed by atoms with van der Waals surface area (Å²) in [5.41, 5.74) is 0. The molecule has 0 saturated carbocycles. The molecule has 0 radical (unpaired) electrons. The Labute approximate surface area is 130 Å². The number of para-hydroxylation sites is 1. The maximum absolute atomic E-state index is 12.0. The molecule has 20 heavy (non-hydrogen) atoms. The molecule has 2 rings (SSSR count). The third-order valence-electron chi connectivity index (χ3n) is 3.20. The lowest BCUT2D eigenvalue weighted by atomic mass is 10.1. The lowest BCUT2D eigenvalue weighted by Gasteiger charge is -2.25. The van der Waals surface area contributed by atoms with Crippen molar-refractivity contribution >= 4 is 29.9 Å². The SMILES string of the molecule is CC(Oc1ccccc1Cl)C(=O)NC1CCNCC1.Cl. The van der Waals surface area contributed by atoms with Crippen LogP contribution in [0.5, 0.6) is 5.75 Å². The Kier molecular flexibility index (Phi) is 7.13. The van der Waals surface area contributed by atoms with Crippen LogP contribution in [-0.4, -0.2) is 31.1 Å². The van der Waals surface area contributed by atoms with E-state index in [-0.39, 0.29) is 24.4 Å². The summed E-state index contributed by atoms with van der Waals surface area (Å²) in [4.78, 5) is 12.0. The van der Waals surface area contributed by atoms with Gasteiger partial charge in [0.2, 0.25) is 0 Å². The number of nitrogens with one attached hydrogen (secondary N) is 2. The molecule has 0 spiro atoms. The first-order valence-corrected chi connectivity index (χ1v) is 6.97. The number of ether oxygens (including phenoxy) is 1. The molecule has 1 aromatic rings. The van der Waals surface area contributed by atoms with Gasteiger partial charge in [0, 0.05) is 6.04 Å². The predicted octanol–water partition coefficient (Wildman–Crippen LogP) is 2.40. The zero-order chi connectivity index (χ0) is 13.7. The molecule has 2 N–H and O–H groups in total. The second-order valence-electron chi connectivity index (χ2n) is 4.72. The van der Waals surface area contributed by atoms with E-state index in [4.69, 9.17) is 16.3 Å². The predicted molar refractivity (Wildman–Crippen MR) is 82.8 cm³/mol. The van der Waals surface area contributed by atoms with Gasteiger partial charge >= 0.3 is 0 Å². The van der Waals surface area contributed by atoms with Gasteiger partial charge in [-0.25, -0.2) is 0 Å². The monoisotopic (exact) mass is 318 g/mol. The van der Waals surface area contributed by atoms with Gasteiger partial charge in [0.1, 0.15) is 5.75 Å². The van der Waals surface area contributed by atoms with E-state index in [9.17, 15) is 4.79 Å². The molecule has 1 aliphatic heterocycles. The van der Waals surface area contributed by atoms with Gasteiger partial charge in [-0.1, -0.05) is 23.7 Å². The molecule has 1 amide bonds. The molecular formula is C14H20Cl2N2O2. The normalized spacial score (nSPS) is 16.9. The first-order chi connectivity index (χ1) is 9.16. The average Bonchev–Trinajstić information content (AvgIpc) is 2.42.